The third kappa shape index (κ3) is 35.4. The van der Waals surface area contributed by atoms with Crippen LogP contribution in [0.25, 0.3) is 0 Å². The molecule has 0 fully saturated rings. The topological polar surface area (TPSA) is 0 Å². The maximum atomic E-state index is 0. The summed E-state index contributed by atoms with van der Waals surface area (Å²) in [4.78, 5) is 0. The number of halogens is 4. The Balaban J connectivity index is 0. The average molecular weight is 332 g/mol. The van der Waals surface area contributed by atoms with Crippen molar-refractivity contribution in [3.05, 3.63) is 0 Å². The minimum atomic E-state index is 0. The van der Waals surface area contributed by atoms with Crippen LogP contribution >= 0.6 is 49.6 Å². The van der Waals surface area contributed by atoms with Gasteiger partial charge in [-0.25, -0.2) is 0 Å². The van der Waals surface area contributed by atoms with Crippen LogP contribution in [0.4, 0.5) is 0 Å². The van der Waals surface area contributed by atoms with Gasteiger partial charge in [0.2, 0.25) is 0 Å². The van der Waals surface area contributed by atoms with Gasteiger partial charge in [0.1, 0.15) is 0 Å². The van der Waals surface area contributed by atoms with E-state index in [2.05, 4.69) is 0 Å². The fraction of sp³-hybridized carbons (Fsp3) is 0. The van der Waals surface area contributed by atoms with E-state index >= 15 is 0 Å². The smallest absolute Gasteiger partial charge is 1.00 e. The quantitative estimate of drug-likeness (QED) is 0.396. The van der Waals surface area contributed by atoms with Crippen molar-refractivity contribution in [1.82, 2.24) is 0 Å². The first kappa shape index (κ1) is 57.4. The third-order valence-corrected chi connectivity index (χ3v) is 0. The summed E-state index contributed by atoms with van der Waals surface area (Å²) in [5.74, 6) is 0. The largest absolute Gasteiger partial charge is 1.00 e. The molecule has 0 saturated heterocycles. The van der Waals surface area contributed by atoms with Gasteiger partial charge < -0.3 is 2.85 Å². The van der Waals surface area contributed by atoms with Gasteiger partial charge in [0, 0.05) is 20.4 Å². The number of hydrogen-bond acceptors (Lipinski definition) is 0. The van der Waals surface area contributed by atoms with Gasteiger partial charge in [-0.15, -0.1) is 49.6 Å². The molecule has 0 aromatic carbocycles. The third-order valence-electron chi connectivity index (χ3n) is 0. The molecule has 0 saturated carbocycles. The molecule has 0 aliphatic carbocycles. The molecule has 0 aliphatic heterocycles. The molecule has 0 bridgehead atoms. The standard InChI is InChI=1S/4ClH.2K.Pd.2H/h4*1H;;;;;/q;;;;2*+1;;2*-1. The summed E-state index contributed by atoms with van der Waals surface area (Å²) in [6.45, 7) is 0. The second-order valence-electron chi connectivity index (χ2n) is 0. The second-order valence-corrected chi connectivity index (χ2v) is 0. The van der Waals surface area contributed by atoms with E-state index in [0.717, 1.165) is 0 Å². The van der Waals surface area contributed by atoms with E-state index in [1.54, 1.807) is 0 Å². The van der Waals surface area contributed by atoms with E-state index in [0.29, 0.717) is 0 Å². The van der Waals surface area contributed by atoms with Crippen molar-refractivity contribution < 1.29 is 126 Å². The van der Waals surface area contributed by atoms with Crippen LogP contribution in [0, 0.1) is 0 Å². The zero-order valence-corrected chi connectivity index (χ0v) is 15.0. The average Bonchev–Trinajstić information content (AvgIpc) is 0. The normalized spacial score (nSPS) is 0. The predicted molar refractivity (Wildman–Crippen MR) is 31.2 cm³/mol. The first-order valence-corrected chi connectivity index (χ1v) is 0. The molecule has 7 heteroatoms. The van der Waals surface area contributed by atoms with E-state index in [1.165, 1.54) is 0 Å². The van der Waals surface area contributed by atoms with Crippen LogP contribution in [0.15, 0.2) is 0 Å². The zero-order chi connectivity index (χ0) is 0. The van der Waals surface area contributed by atoms with Gasteiger partial charge in [0.15, 0.2) is 0 Å². The van der Waals surface area contributed by atoms with E-state index < -0.39 is 0 Å². The minimum Gasteiger partial charge on any atom is -1.00 e. The van der Waals surface area contributed by atoms with Crippen molar-refractivity contribution >= 4 is 49.6 Å². The molecule has 0 aliphatic rings. The van der Waals surface area contributed by atoms with E-state index in [-0.39, 0.29) is 176 Å². The molecule has 0 rings (SSSR count). The molecule has 0 nitrogen and oxygen atoms in total. The summed E-state index contributed by atoms with van der Waals surface area (Å²) in [6, 6.07) is 0. The van der Waals surface area contributed by atoms with Gasteiger partial charge in [0.25, 0.3) is 0 Å². The molecule has 0 unspecified atom stereocenters. The van der Waals surface area contributed by atoms with Crippen LogP contribution in [0.5, 0.6) is 0 Å². The Bertz CT molecular complexity index is 16.5. The van der Waals surface area contributed by atoms with Gasteiger partial charge in [-0.05, 0) is 0 Å². The van der Waals surface area contributed by atoms with Crippen LogP contribution in [-0.4, -0.2) is 0 Å². The zero-order valence-electron chi connectivity index (χ0n) is 5.95. The number of hydrogen-bond donors (Lipinski definition) is 0. The van der Waals surface area contributed by atoms with Crippen LogP contribution in [-0.2, 0) is 20.4 Å². The first-order valence-electron chi connectivity index (χ1n) is 0. The summed E-state index contributed by atoms with van der Waals surface area (Å²) in [5.41, 5.74) is 0. The molecule has 0 N–H and O–H groups in total. The Labute approximate surface area is 171 Å². The van der Waals surface area contributed by atoms with Crippen molar-refractivity contribution in [2.24, 2.45) is 0 Å². The van der Waals surface area contributed by atoms with Gasteiger partial charge >= 0.3 is 103 Å². The minimum absolute atomic E-state index is 0. The molecule has 0 radical (unpaired) electrons. The molecule has 0 amide bonds. The van der Waals surface area contributed by atoms with Crippen molar-refractivity contribution in [2.75, 3.05) is 0 Å². The molecular weight excluding hydrogens is 326 g/mol. The molecule has 46 valence electrons. The Morgan fingerprint density at radius 1 is 0.571 bits per heavy atom. The Morgan fingerprint density at radius 2 is 0.571 bits per heavy atom. The molecular formula is H6Cl4K2Pd. The Morgan fingerprint density at radius 3 is 0.571 bits per heavy atom. The molecule has 0 heterocycles. The SMILES string of the molecule is Cl.Cl.Cl.Cl.[H-].[H-].[K+].[K+].[Pd]. The van der Waals surface area contributed by atoms with Gasteiger partial charge in [-0.2, -0.15) is 0 Å². The Kier molecular flexibility index (Phi) is 357. The fourth-order valence-corrected chi connectivity index (χ4v) is 0. The maximum Gasteiger partial charge on any atom is 1.00 e. The molecule has 0 aromatic heterocycles. The Hall–Kier alpha value is 5.10. The summed E-state index contributed by atoms with van der Waals surface area (Å²) < 4.78 is 0. The van der Waals surface area contributed by atoms with Gasteiger partial charge in [-0.1, -0.05) is 0 Å². The molecule has 0 atom stereocenters. The molecule has 0 aromatic rings. The van der Waals surface area contributed by atoms with Crippen molar-refractivity contribution in [2.45, 2.75) is 0 Å². The summed E-state index contributed by atoms with van der Waals surface area (Å²) >= 11 is 0. The van der Waals surface area contributed by atoms with E-state index in [1.807, 2.05) is 0 Å². The van der Waals surface area contributed by atoms with E-state index in [4.69, 9.17) is 0 Å². The van der Waals surface area contributed by atoms with Crippen LogP contribution in [0.3, 0.4) is 0 Å². The summed E-state index contributed by atoms with van der Waals surface area (Å²) in [7, 11) is 0. The van der Waals surface area contributed by atoms with Crippen molar-refractivity contribution in [3.8, 4) is 0 Å². The molecule has 7 heavy (non-hydrogen) atoms. The monoisotopic (exact) mass is 330 g/mol. The van der Waals surface area contributed by atoms with Crippen LogP contribution < -0.4 is 103 Å². The fourth-order valence-electron chi connectivity index (χ4n) is 0. The molecule has 0 spiro atoms. The summed E-state index contributed by atoms with van der Waals surface area (Å²) in [5, 5.41) is 0. The maximum absolute atomic E-state index is 0. The van der Waals surface area contributed by atoms with E-state index in [9.17, 15) is 0 Å². The van der Waals surface area contributed by atoms with Crippen LogP contribution in [0.2, 0.25) is 0 Å². The van der Waals surface area contributed by atoms with Crippen LogP contribution in [0.1, 0.15) is 2.85 Å². The van der Waals surface area contributed by atoms with Crippen molar-refractivity contribution in [1.29, 1.82) is 0 Å². The first-order chi connectivity index (χ1) is 0. The van der Waals surface area contributed by atoms with Crippen molar-refractivity contribution in [3.63, 3.8) is 0 Å². The second kappa shape index (κ2) is 43.6. The van der Waals surface area contributed by atoms with Gasteiger partial charge in [0.05, 0.1) is 0 Å². The number of rotatable bonds is 0. The van der Waals surface area contributed by atoms with Gasteiger partial charge in [-0.3, -0.25) is 0 Å². The predicted octanol–water partition coefficient (Wildman–Crippen LogP) is -4.08. The summed E-state index contributed by atoms with van der Waals surface area (Å²) in [6.07, 6.45) is 0.